The number of amides is 1. The monoisotopic (exact) mass is 404 g/mol. The first-order valence-electron chi connectivity index (χ1n) is 7.17. The molecule has 3 rings (SSSR count). The van der Waals surface area contributed by atoms with E-state index in [9.17, 15) is 4.79 Å². The molecule has 0 bridgehead atoms. The van der Waals surface area contributed by atoms with Crippen molar-refractivity contribution in [3.8, 4) is 11.3 Å². The Labute approximate surface area is 152 Å². The lowest BCUT2D eigenvalue weighted by molar-refractivity contribution is 0.0997. The average molecular weight is 406 g/mol. The Kier molecular flexibility index (Phi) is 4.64. The summed E-state index contributed by atoms with van der Waals surface area (Å²) in [5.41, 5.74) is 8.70. The van der Waals surface area contributed by atoms with Gasteiger partial charge < -0.3 is 15.5 Å². The maximum absolute atomic E-state index is 12.3. The zero-order valence-electron chi connectivity index (χ0n) is 12.8. The molecule has 1 heterocycles. The highest BCUT2D eigenvalue weighted by atomic mass is 79.9. The van der Waals surface area contributed by atoms with Crippen molar-refractivity contribution in [2.45, 2.75) is 6.92 Å². The fourth-order valence-electron chi connectivity index (χ4n) is 2.24. The highest BCUT2D eigenvalue weighted by Crippen LogP contribution is 2.31. The largest absolute Gasteiger partial charge is 0.451 e. The molecule has 0 unspecified atom stereocenters. The molecule has 3 N–H and O–H groups in total. The minimum absolute atomic E-state index is 0.214. The fraction of sp³-hybridized carbons (Fsp3) is 0.0556. The first-order valence-corrected chi connectivity index (χ1v) is 8.34. The molecule has 1 aromatic heterocycles. The Morgan fingerprint density at radius 1 is 1.17 bits per heavy atom. The van der Waals surface area contributed by atoms with Gasteiger partial charge in [0.25, 0.3) is 5.91 Å². The summed E-state index contributed by atoms with van der Waals surface area (Å²) in [6.07, 6.45) is 0. The number of carbonyl (C=O) groups excluding carboxylic acids is 1. The van der Waals surface area contributed by atoms with Gasteiger partial charge in [0.05, 0.1) is 10.7 Å². The van der Waals surface area contributed by atoms with Crippen LogP contribution in [0.25, 0.3) is 11.3 Å². The SMILES string of the molecule is Cc1ccc(-c2ccc(C(=O)Nc3ccc(Cl)c(N)c3)o2)c(Br)c1. The van der Waals surface area contributed by atoms with Crippen LogP contribution in [-0.2, 0) is 0 Å². The van der Waals surface area contributed by atoms with Crippen LogP contribution in [0.4, 0.5) is 11.4 Å². The summed E-state index contributed by atoms with van der Waals surface area (Å²) in [5, 5.41) is 3.17. The molecule has 0 aliphatic heterocycles. The summed E-state index contributed by atoms with van der Waals surface area (Å²) < 4.78 is 6.59. The predicted octanol–water partition coefficient (Wildman–Crippen LogP) is 5.51. The number of nitrogen functional groups attached to an aromatic ring is 1. The third-order valence-corrected chi connectivity index (χ3v) is 4.47. The van der Waals surface area contributed by atoms with Crippen LogP contribution in [0.2, 0.25) is 5.02 Å². The lowest BCUT2D eigenvalue weighted by atomic mass is 10.1. The van der Waals surface area contributed by atoms with Gasteiger partial charge >= 0.3 is 0 Å². The maximum Gasteiger partial charge on any atom is 0.291 e. The molecule has 0 fully saturated rings. The molecule has 24 heavy (non-hydrogen) atoms. The second kappa shape index (κ2) is 6.71. The van der Waals surface area contributed by atoms with Crippen LogP contribution < -0.4 is 11.1 Å². The standard InChI is InChI=1S/C18H14BrClN2O2/c1-10-2-4-12(13(19)8-10)16-6-7-17(24-16)18(23)22-11-3-5-14(20)15(21)9-11/h2-9H,21H2,1H3,(H,22,23). The molecule has 4 nitrogen and oxygen atoms in total. The van der Waals surface area contributed by atoms with Gasteiger partial charge in [-0.25, -0.2) is 0 Å². The molecule has 0 saturated carbocycles. The normalized spacial score (nSPS) is 10.6. The van der Waals surface area contributed by atoms with Crippen molar-refractivity contribution in [3.05, 3.63) is 69.3 Å². The van der Waals surface area contributed by atoms with Crippen molar-refractivity contribution in [2.24, 2.45) is 0 Å². The third kappa shape index (κ3) is 3.47. The number of anilines is 2. The Bertz CT molecular complexity index is 921. The van der Waals surface area contributed by atoms with Gasteiger partial charge in [-0.05, 0) is 55.0 Å². The van der Waals surface area contributed by atoms with E-state index in [-0.39, 0.29) is 11.7 Å². The van der Waals surface area contributed by atoms with Gasteiger partial charge in [0.15, 0.2) is 5.76 Å². The van der Waals surface area contributed by atoms with Crippen molar-refractivity contribution in [1.29, 1.82) is 0 Å². The van der Waals surface area contributed by atoms with Gasteiger partial charge in [-0.2, -0.15) is 0 Å². The number of halogens is 2. The molecule has 0 spiro atoms. The second-order valence-electron chi connectivity index (χ2n) is 5.34. The van der Waals surface area contributed by atoms with Gasteiger partial charge in [0.2, 0.25) is 0 Å². The van der Waals surface area contributed by atoms with Gasteiger partial charge in [-0.1, -0.05) is 33.6 Å². The van der Waals surface area contributed by atoms with Crippen LogP contribution in [0.3, 0.4) is 0 Å². The lowest BCUT2D eigenvalue weighted by Crippen LogP contribution is -2.11. The Morgan fingerprint density at radius 3 is 2.67 bits per heavy atom. The van der Waals surface area contributed by atoms with Crippen LogP contribution in [0.1, 0.15) is 16.1 Å². The Balaban J connectivity index is 1.82. The average Bonchev–Trinajstić information content (AvgIpc) is 3.01. The topological polar surface area (TPSA) is 68.3 Å². The van der Waals surface area contributed by atoms with E-state index in [1.54, 1.807) is 30.3 Å². The number of nitrogens with two attached hydrogens (primary N) is 1. The van der Waals surface area contributed by atoms with Gasteiger partial charge in [0, 0.05) is 15.7 Å². The van der Waals surface area contributed by atoms with Crippen molar-refractivity contribution >= 4 is 44.8 Å². The molecule has 0 aliphatic carbocycles. The van der Waals surface area contributed by atoms with E-state index in [0.29, 0.717) is 22.2 Å². The van der Waals surface area contributed by atoms with E-state index in [0.717, 1.165) is 15.6 Å². The van der Waals surface area contributed by atoms with Gasteiger partial charge in [-0.3, -0.25) is 4.79 Å². The van der Waals surface area contributed by atoms with E-state index >= 15 is 0 Å². The molecule has 2 aromatic carbocycles. The van der Waals surface area contributed by atoms with Crippen LogP contribution in [0, 0.1) is 6.92 Å². The maximum atomic E-state index is 12.3. The van der Waals surface area contributed by atoms with E-state index < -0.39 is 0 Å². The van der Waals surface area contributed by atoms with Gasteiger partial charge in [0.1, 0.15) is 5.76 Å². The van der Waals surface area contributed by atoms with Crippen LogP contribution >= 0.6 is 27.5 Å². The predicted molar refractivity (Wildman–Crippen MR) is 100 cm³/mol. The Morgan fingerprint density at radius 2 is 1.96 bits per heavy atom. The van der Waals surface area contributed by atoms with E-state index in [2.05, 4.69) is 21.2 Å². The summed E-state index contributed by atoms with van der Waals surface area (Å²) in [7, 11) is 0. The summed E-state index contributed by atoms with van der Waals surface area (Å²) >= 11 is 9.38. The molecule has 1 amide bonds. The number of nitrogens with one attached hydrogen (secondary N) is 1. The fourth-order valence-corrected chi connectivity index (χ4v) is 3.05. The molecular weight excluding hydrogens is 392 g/mol. The zero-order valence-corrected chi connectivity index (χ0v) is 15.1. The summed E-state index contributed by atoms with van der Waals surface area (Å²) in [6.45, 7) is 2.01. The van der Waals surface area contributed by atoms with Gasteiger partial charge in [-0.15, -0.1) is 0 Å². The summed E-state index contributed by atoms with van der Waals surface area (Å²) in [4.78, 5) is 12.3. The molecule has 0 atom stereocenters. The number of aryl methyl sites for hydroxylation is 1. The smallest absolute Gasteiger partial charge is 0.291 e. The van der Waals surface area contributed by atoms with Crippen molar-refractivity contribution in [1.82, 2.24) is 0 Å². The zero-order chi connectivity index (χ0) is 17.3. The van der Waals surface area contributed by atoms with E-state index in [1.807, 2.05) is 25.1 Å². The number of hydrogen-bond acceptors (Lipinski definition) is 3. The first kappa shape index (κ1) is 16.6. The molecule has 3 aromatic rings. The van der Waals surface area contributed by atoms with Crippen molar-refractivity contribution in [3.63, 3.8) is 0 Å². The highest BCUT2D eigenvalue weighted by Gasteiger charge is 2.14. The number of benzene rings is 2. The minimum Gasteiger partial charge on any atom is -0.451 e. The molecule has 0 radical (unpaired) electrons. The molecule has 122 valence electrons. The quantitative estimate of drug-likeness (QED) is 0.565. The Hall–Kier alpha value is -2.24. The van der Waals surface area contributed by atoms with Crippen LogP contribution in [-0.4, -0.2) is 5.91 Å². The molecular formula is C18H14BrClN2O2. The number of hydrogen-bond donors (Lipinski definition) is 2. The molecule has 6 heteroatoms. The van der Waals surface area contributed by atoms with Crippen LogP contribution in [0.15, 0.2) is 57.4 Å². The first-order chi connectivity index (χ1) is 11.4. The molecule has 0 aliphatic rings. The van der Waals surface area contributed by atoms with Crippen LogP contribution in [0.5, 0.6) is 0 Å². The summed E-state index contributed by atoms with van der Waals surface area (Å²) in [5.74, 6) is 0.472. The van der Waals surface area contributed by atoms with E-state index in [1.165, 1.54) is 0 Å². The van der Waals surface area contributed by atoms with E-state index in [4.69, 9.17) is 21.8 Å². The number of carbonyl (C=O) groups is 1. The van der Waals surface area contributed by atoms with Crippen molar-refractivity contribution < 1.29 is 9.21 Å². The lowest BCUT2D eigenvalue weighted by Gasteiger charge is -2.05. The number of rotatable bonds is 3. The summed E-state index contributed by atoms with van der Waals surface area (Å²) in [6, 6.07) is 14.2. The van der Waals surface area contributed by atoms with Crippen molar-refractivity contribution in [2.75, 3.05) is 11.1 Å². The second-order valence-corrected chi connectivity index (χ2v) is 6.60. The third-order valence-electron chi connectivity index (χ3n) is 3.47. The molecule has 0 saturated heterocycles. The highest BCUT2D eigenvalue weighted by molar-refractivity contribution is 9.10. The number of furan rings is 1. The minimum atomic E-state index is -0.355.